The zero-order valence-corrected chi connectivity index (χ0v) is 11.9. The van der Waals surface area contributed by atoms with E-state index < -0.39 is 31.4 Å². The van der Waals surface area contributed by atoms with Crippen LogP contribution < -0.4 is 10.5 Å². The third-order valence-corrected chi connectivity index (χ3v) is 4.05. The molecule has 3 N–H and O–H groups in total. The Hall–Kier alpha value is -1.52. The Labute approximate surface area is 117 Å². The molecule has 1 aromatic carbocycles. The zero-order chi connectivity index (χ0) is 14.6. The Morgan fingerprint density at radius 2 is 2.11 bits per heavy atom. The van der Waals surface area contributed by atoms with Crippen LogP contribution in [0.5, 0.6) is 0 Å². The van der Waals surface area contributed by atoms with Gasteiger partial charge >= 0.3 is 0 Å². The first kappa shape index (κ1) is 15.5. The highest BCUT2D eigenvalue weighted by atomic mass is 79.9. The number of benzene rings is 1. The van der Waals surface area contributed by atoms with Crippen molar-refractivity contribution in [3.63, 3.8) is 0 Å². The number of nitrogens with one attached hydrogen (secondary N) is 1. The second-order valence-corrected chi connectivity index (χ2v) is 6.13. The standard InChI is InChI=1S/C9H10BrN3O5S/c10-6-1-2-7(13(15)16)8(5-6)19(17,18)12-4-3-9(11)14/h1-2,5,12H,3-4H2,(H2,11,14). The molecule has 0 radical (unpaired) electrons. The molecule has 0 saturated heterocycles. The molecule has 0 aliphatic carbocycles. The van der Waals surface area contributed by atoms with Crippen molar-refractivity contribution < 1.29 is 18.1 Å². The van der Waals surface area contributed by atoms with Gasteiger partial charge in [-0.25, -0.2) is 13.1 Å². The molecular weight excluding hydrogens is 342 g/mol. The average Bonchev–Trinajstić information content (AvgIpc) is 2.27. The van der Waals surface area contributed by atoms with Gasteiger partial charge in [0.15, 0.2) is 4.90 Å². The minimum Gasteiger partial charge on any atom is -0.370 e. The van der Waals surface area contributed by atoms with E-state index in [0.717, 1.165) is 12.1 Å². The lowest BCUT2D eigenvalue weighted by Gasteiger charge is -2.06. The Morgan fingerprint density at radius 1 is 1.47 bits per heavy atom. The zero-order valence-electron chi connectivity index (χ0n) is 9.50. The third kappa shape index (κ3) is 4.26. The van der Waals surface area contributed by atoms with Crippen LogP contribution in [0.15, 0.2) is 27.6 Å². The summed E-state index contributed by atoms with van der Waals surface area (Å²) in [5.74, 6) is -0.675. The van der Waals surface area contributed by atoms with Crippen LogP contribution in [0.25, 0.3) is 0 Å². The van der Waals surface area contributed by atoms with E-state index in [1.165, 1.54) is 6.07 Å². The van der Waals surface area contributed by atoms with Crippen LogP contribution in [0.4, 0.5) is 5.69 Å². The topological polar surface area (TPSA) is 132 Å². The van der Waals surface area contributed by atoms with Crippen molar-refractivity contribution in [2.45, 2.75) is 11.3 Å². The quantitative estimate of drug-likeness (QED) is 0.569. The summed E-state index contributed by atoms with van der Waals surface area (Å²) in [6.07, 6.45) is -0.193. The molecule has 8 nitrogen and oxygen atoms in total. The van der Waals surface area contributed by atoms with Crippen LogP contribution in [-0.4, -0.2) is 25.8 Å². The second-order valence-electron chi connectivity index (χ2n) is 3.48. The molecule has 0 aliphatic rings. The first-order valence-corrected chi connectivity index (χ1v) is 7.23. The van der Waals surface area contributed by atoms with Crippen LogP contribution >= 0.6 is 15.9 Å². The van der Waals surface area contributed by atoms with Crippen molar-refractivity contribution in [1.82, 2.24) is 4.72 Å². The second kappa shape index (κ2) is 6.08. The van der Waals surface area contributed by atoms with Crippen LogP contribution in [0.2, 0.25) is 0 Å². The Kier molecular flexibility index (Phi) is 4.97. The minimum atomic E-state index is -4.08. The number of nitro groups is 1. The number of nitrogens with two attached hydrogens (primary N) is 1. The summed E-state index contributed by atoms with van der Waals surface area (Å²) in [6.45, 7) is -0.221. The lowest BCUT2D eigenvalue weighted by molar-refractivity contribution is -0.387. The van der Waals surface area contributed by atoms with Gasteiger partial charge in [0.1, 0.15) is 0 Å². The van der Waals surface area contributed by atoms with Gasteiger partial charge in [-0.3, -0.25) is 14.9 Å². The number of sulfonamides is 1. The van der Waals surface area contributed by atoms with Gasteiger partial charge in [-0.1, -0.05) is 15.9 Å². The summed E-state index contributed by atoms with van der Waals surface area (Å²) in [5.41, 5.74) is 4.33. The number of halogens is 1. The van der Waals surface area contributed by atoms with Crippen LogP contribution in [-0.2, 0) is 14.8 Å². The number of carbonyl (C=O) groups excluding carboxylic acids is 1. The molecule has 0 heterocycles. The van der Waals surface area contributed by atoms with Gasteiger partial charge in [0, 0.05) is 23.5 Å². The first-order valence-electron chi connectivity index (χ1n) is 4.96. The van der Waals surface area contributed by atoms with Crippen molar-refractivity contribution in [3.8, 4) is 0 Å². The fourth-order valence-corrected chi connectivity index (χ4v) is 2.98. The Morgan fingerprint density at radius 3 is 2.63 bits per heavy atom. The highest BCUT2D eigenvalue weighted by Gasteiger charge is 2.25. The molecule has 19 heavy (non-hydrogen) atoms. The number of carbonyl (C=O) groups is 1. The molecule has 0 aliphatic heterocycles. The molecule has 0 saturated carbocycles. The van der Waals surface area contributed by atoms with Gasteiger partial charge in [-0.2, -0.15) is 0 Å². The van der Waals surface area contributed by atoms with Crippen molar-refractivity contribution in [1.29, 1.82) is 0 Å². The molecule has 0 bridgehead atoms. The molecule has 0 fully saturated rings. The summed E-state index contributed by atoms with van der Waals surface area (Å²) in [4.78, 5) is 20.0. The molecular formula is C9H10BrN3O5S. The van der Waals surface area contributed by atoms with E-state index in [1.54, 1.807) is 0 Å². The fraction of sp³-hybridized carbons (Fsp3) is 0.222. The molecule has 104 valence electrons. The van der Waals surface area contributed by atoms with Gasteiger partial charge in [-0.05, 0) is 12.1 Å². The average molecular weight is 352 g/mol. The largest absolute Gasteiger partial charge is 0.370 e. The molecule has 0 atom stereocenters. The van der Waals surface area contributed by atoms with E-state index in [0.29, 0.717) is 4.47 Å². The van der Waals surface area contributed by atoms with Crippen molar-refractivity contribution in [3.05, 3.63) is 32.8 Å². The predicted octanol–water partition coefficient (Wildman–Crippen LogP) is 0.511. The summed E-state index contributed by atoms with van der Waals surface area (Å²) in [5, 5.41) is 10.8. The highest BCUT2D eigenvalue weighted by molar-refractivity contribution is 9.10. The first-order chi connectivity index (χ1) is 8.74. The summed E-state index contributed by atoms with van der Waals surface area (Å²) >= 11 is 3.04. The third-order valence-electron chi connectivity index (χ3n) is 2.07. The number of rotatable bonds is 6. The van der Waals surface area contributed by atoms with Gasteiger partial charge in [0.05, 0.1) is 4.92 Å². The molecule has 1 amide bonds. The van der Waals surface area contributed by atoms with Crippen molar-refractivity contribution >= 4 is 37.5 Å². The molecule has 1 rings (SSSR count). The number of hydrogen-bond acceptors (Lipinski definition) is 5. The highest BCUT2D eigenvalue weighted by Crippen LogP contribution is 2.26. The van der Waals surface area contributed by atoms with Crippen molar-refractivity contribution in [2.24, 2.45) is 5.73 Å². The van der Waals surface area contributed by atoms with Crippen molar-refractivity contribution in [2.75, 3.05) is 6.54 Å². The van der Waals surface area contributed by atoms with E-state index in [9.17, 15) is 23.3 Å². The minimum absolute atomic E-state index is 0.193. The summed E-state index contributed by atoms with van der Waals surface area (Å²) in [6, 6.07) is 3.55. The summed E-state index contributed by atoms with van der Waals surface area (Å²) in [7, 11) is -4.08. The molecule has 0 aromatic heterocycles. The number of primary amides is 1. The van der Waals surface area contributed by atoms with Gasteiger partial charge < -0.3 is 5.73 Å². The number of hydrogen-bond donors (Lipinski definition) is 2. The number of amides is 1. The van der Waals surface area contributed by atoms with Gasteiger partial charge in [0.2, 0.25) is 15.9 Å². The number of nitro benzene ring substituents is 1. The summed E-state index contributed by atoms with van der Waals surface area (Å²) < 4.78 is 26.3. The van der Waals surface area contributed by atoms with E-state index in [-0.39, 0.29) is 13.0 Å². The Bertz CT molecular complexity index is 616. The van der Waals surface area contributed by atoms with E-state index >= 15 is 0 Å². The van der Waals surface area contributed by atoms with Gasteiger partial charge in [0.25, 0.3) is 5.69 Å². The molecule has 1 aromatic rings. The maximum absolute atomic E-state index is 11.9. The van der Waals surface area contributed by atoms with E-state index in [4.69, 9.17) is 5.73 Å². The van der Waals surface area contributed by atoms with Crippen LogP contribution in [0.3, 0.4) is 0 Å². The molecule has 0 spiro atoms. The van der Waals surface area contributed by atoms with Crippen LogP contribution in [0.1, 0.15) is 6.42 Å². The molecule has 0 unspecified atom stereocenters. The fourth-order valence-electron chi connectivity index (χ4n) is 1.24. The maximum atomic E-state index is 11.9. The Balaban J connectivity index is 3.09. The predicted molar refractivity (Wildman–Crippen MR) is 69.8 cm³/mol. The lowest BCUT2D eigenvalue weighted by atomic mass is 10.3. The smallest absolute Gasteiger partial charge is 0.289 e. The monoisotopic (exact) mass is 351 g/mol. The maximum Gasteiger partial charge on any atom is 0.289 e. The van der Waals surface area contributed by atoms with Crippen LogP contribution in [0, 0.1) is 10.1 Å². The normalized spacial score (nSPS) is 11.2. The lowest BCUT2D eigenvalue weighted by Crippen LogP contribution is -2.28. The van der Waals surface area contributed by atoms with E-state index in [1.807, 2.05) is 0 Å². The SMILES string of the molecule is NC(=O)CCNS(=O)(=O)c1cc(Br)ccc1[N+](=O)[O-]. The molecule has 10 heteroatoms. The number of nitrogens with zero attached hydrogens (tertiary/aromatic N) is 1. The van der Waals surface area contributed by atoms with Gasteiger partial charge in [-0.15, -0.1) is 0 Å². The van der Waals surface area contributed by atoms with E-state index in [2.05, 4.69) is 20.7 Å².